The molecule has 0 fully saturated rings. The van der Waals surface area contributed by atoms with Gasteiger partial charge in [-0.1, -0.05) is 11.6 Å². The van der Waals surface area contributed by atoms with E-state index in [4.69, 9.17) is 16.7 Å². The van der Waals surface area contributed by atoms with Crippen molar-refractivity contribution in [3.8, 4) is 0 Å². The zero-order chi connectivity index (χ0) is 13.8. The number of aromatic carboxylic acids is 1. The monoisotopic (exact) mass is 279 g/mol. The summed E-state index contributed by atoms with van der Waals surface area (Å²) in [5, 5.41) is 18.4. The molecule has 0 radical (unpaired) electrons. The topological polar surface area (TPSA) is 118 Å². The summed E-state index contributed by atoms with van der Waals surface area (Å²) in [6.07, 6.45) is 2.47. The number of carbonyl (C=O) groups excluding carboxylic acids is 1. The fraction of sp³-hybridized carbons (Fsp3) is 0. The molecule has 0 aromatic carbocycles. The van der Waals surface area contributed by atoms with E-state index < -0.39 is 11.9 Å². The molecule has 8 nitrogen and oxygen atoms in total. The lowest BCUT2D eigenvalue weighted by molar-refractivity contribution is 0.0691. The van der Waals surface area contributed by atoms with Gasteiger partial charge in [0.05, 0.1) is 0 Å². The van der Waals surface area contributed by atoms with Gasteiger partial charge in [-0.2, -0.15) is 0 Å². The van der Waals surface area contributed by atoms with E-state index in [0.717, 1.165) is 0 Å². The fourth-order valence-corrected chi connectivity index (χ4v) is 1.30. The van der Waals surface area contributed by atoms with Crippen molar-refractivity contribution in [2.45, 2.75) is 0 Å². The first kappa shape index (κ1) is 12.8. The Morgan fingerprint density at radius 2 is 1.89 bits per heavy atom. The van der Waals surface area contributed by atoms with E-state index in [2.05, 4.69) is 25.5 Å². The van der Waals surface area contributed by atoms with E-state index in [1.807, 2.05) is 0 Å². The van der Waals surface area contributed by atoms with Crippen molar-refractivity contribution in [3.05, 3.63) is 41.1 Å². The highest BCUT2D eigenvalue weighted by molar-refractivity contribution is 6.29. The van der Waals surface area contributed by atoms with Gasteiger partial charge >= 0.3 is 5.97 Å². The smallest absolute Gasteiger partial charge is 0.358 e. The van der Waals surface area contributed by atoms with Crippen LogP contribution in [0.5, 0.6) is 0 Å². The number of carboxylic acids is 1. The highest BCUT2D eigenvalue weighted by atomic mass is 35.5. The third-order valence-corrected chi connectivity index (χ3v) is 2.20. The lowest BCUT2D eigenvalue weighted by atomic mass is 10.3. The number of rotatable bonds is 3. The molecule has 2 heterocycles. The molecule has 9 heteroatoms. The summed E-state index contributed by atoms with van der Waals surface area (Å²) < 4.78 is 0. The maximum absolute atomic E-state index is 11.8. The molecule has 1 amide bonds. The summed E-state index contributed by atoms with van der Waals surface area (Å²) >= 11 is 5.54. The Balaban J connectivity index is 2.24. The number of aromatic nitrogens is 4. The highest BCUT2D eigenvalue weighted by Crippen LogP contribution is 2.10. The zero-order valence-electron chi connectivity index (χ0n) is 9.24. The molecule has 0 aliphatic heterocycles. The van der Waals surface area contributed by atoms with Crippen molar-refractivity contribution in [2.75, 3.05) is 5.32 Å². The maximum atomic E-state index is 11.8. The Kier molecular flexibility index (Phi) is 3.62. The molecule has 0 saturated carbocycles. The average molecular weight is 280 g/mol. The molecule has 0 unspecified atom stereocenters. The molecule has 0 saturated heterocycles. The van der Waals surface area contributed by atoms with E-state index in [0.29, 0.717) is 0 Å². The molecule has 2 aromatic heterocycles. The van der Waals surface area contributed by atoms with Gasteiger partial charge < -0.3 is 10.4 Å². The number of hydrogen-bond donors (Lipinski definition) is 2. The summed E-state index contributed by atoms with van der Waals surface area (Å²) in [5.74, 6) is -2.13. The Bertz CT molecular complexity index is 631. The molecular formula is C10H6ClN5O3. The van der Waals surface area contributed by atoms with Gasteiger partial charge in [-0.3, -0.25) is 4.79 Å². The fourth-order valence-electron chi connectivity index (χ4n) is 1.19. The van der Waals surface area contributed by atoms with E-state index >= 15 is 0 Å². The van der Waals surface area contributed by atoms with Gasteiger partial charge in [-0.25, -0.2) is 14.8 Å². The number of halogens is 1. The van der Waals surface area contributed by atoms with Gasteiger partial charge in [0.2, 0.25) is 0 Å². The van der Waals surface area contributed by atoms with Crippen LogP contribution in [0.2, 0.25) is 5.15 Å². The van der Waals surface area contributed by atoms with Crippen LogP contribution in [-0.4, -0.2) is 37.1 Å². The summed E-state index contributed by atoms with van der Waals surface area (Å²) in [6, 6.07) is 2.74. The molecule has 0 aliphatic rings. The van der Waals surface area contributed by atoms with Gasteiger partial charge in [0.25, 0.3) is 5.91 Å². The zero-order valence-corrected chi connectivity index (χ0v) is 10.00. The largest absolute Gasteiger partial charge is 0.476 e. The number of carbonyl (C=O) groups is 2. The van der Waals surface area contributed by atoms with Crippen LogP contribution in [0.1, 0.15) is 21.0 Å². The molecule has 19 heavy (non-hydrogen) atoms. The molecule has 0 spiro atoms. The summed E-state index contributed by atoms with van der Waals surface area (Å²) in [7, 11) is 0. The first-order chi connectivity index (χ1) is 9.08. The Labute approximate surface area is 111 Å². The Hall–Kier alpha value is -2.61. The van der Waals surface area contributed by atoms with Crippen LogP contribution in [0.25, 0.3) is 0 Å². The molecule has 0 bridgehead atoms. The average Bonchev–Trinajstić information content (AvgIpc) is 2.39. The van der Waals surface area contributed by atoms with Crippen molar-refractivity contribution in [2.24, 2.45) is 0 Å². The molecule has 0 aliphatic carbocycles. The van der Waals surface area contributed by atoms with Crippen molar-refractivity contribution < 1.29 is 14.7 Å². The molecule has 0 atom stereocenters. The van der Waals surface area contributed by atoms with Crippen LogP contribution < -0.4 is 5.32 Å². The summed E-state index contributed by atoms with van der Waals surface area (Å²) in [4.78, 5) is 30.0. The second kappa shape index (κ2) is 5.36. The second-order valence-electron chi connectivity index (χ2n) is 3.25. The lowest BCUT2D eigenvalue weighted by Gasteiger charge is -2.05. The van der Waals surface area contributed by atoms with Gasteiger partial charge in [-0.05, 0) is 12.1 Å². The number of anilines is 1. The van der Waals surface area contributed by atoms with Crippen LogP contribution in [0.3, 0.4) is 0 Å². The van der Waals surface area contributed by atoms with Crippen LogP contribution in [-0.2, 0) is 0 Å². The van der Waals surface area contributed by atoms with E-state index in [1.54, 1.807) is 0 Å². The van der Waals surface area contributed by atoms with Gasteiger partial charge in [0.1, 0.15) is 0 Å². The van der Waals surface area contributed by atoms with Crippen molar-refractivity contribution in [3.63, 3.8) is 0 Å². The van der Waals surface area contributed by atoms with Crippen LogP contribution >= 0.6 is 11.6 Å². The molecule has 2 rings (SSSR count). The predicted molar refractivity (Wildman–Crippen MR) is 64.0 cm³/mol. The molecule has 2 aromatic rings. The first-order valence-electron chi connectivity index (χ1n) is 4.93. The van der Waals surface area contributed by atoms with Gasteiger partial charge in [0.15, 0.2) is 22.4 Å². The quantitative estimate of drug-likeness (QED) is 0.855. The van der Waals surface area contributed by atoms with Crippen molar-refractivity contribution in [1.82, 2.24) is 20.2 Å². The molecule has 2 N–H and O–H groups in total. The molecule has 96 valence electrons. The first-order valence-corrected chi connectivity index (χ1v) is 5.30. The van der Waals surface area contributed by atoms with Gasteiger partial charge in [-0.15, -0.1) is 10.2 Å². The summed E-state index contributed by atoms with van der Waals surface area (Å²) in [5.41, 5.74) is -0.385. The van der Waals surface area contributed by atoms with E-state index in [1.165, 1.54) is 24.5 Å². The third kappa shape index (κ3) is 2.99. The summed E-state index contributed by atoms with van der Waals surface area (Å²) in [6.45, 7) is 0. The van der Waals surface area contributed by atoms with Crippen LogP contribution in [0, 0.1) is 0 Å². The van der Waals surface area contributed by atoms with Crippen molar-refractivity contribution >= 4 is 29.3 Å². The maximum Gasteiger partial charge on any atom is 0.358 e. The minimum atomic E-state index is -1.30. The second-order valence-corrected chi connectivity index (χ2v) is 3.64. The normalized spacial score (nSPS) is 9.95. The van der Waals surface area contributed by atoms with E-state index in [9.17, 15) is 9.59 Å². The molecular weight excluding hydrogens is 274 g/mol. The predicted octanol–water partition coefficient (Wildman–Crippen LogP) is 0.870. The number of nitrogens with zero attached hydrogens (tertiary/aromatic N) is 4. The third-order valence-electron chi connectivity index (χ3n) is 2.00. The minimum Gasteiger partial charge on any atom is -0.476 e. The SMILES string of the molecule is O=C(Nc1nccnc1C(=O)O)c1ccc(Cl)nn1. The number of nitrogens with one attached hydrogen (secondary N) is 1. The number of hydrogen-bond acceptors (Lipinski definition) is 6. The standard InChI is InChI=1S/C10H6ClN5O3/c11-6-2-1-5(15-16-6)9(17)14-8-7(10(18)19)12-3-4-13-8/h1-4H,(H,18,19)(H,13,14,17). The Morgan fingerprint density at radius 1 is 1.16 bits per heavy atom. The number of carboxylic acid groups (broad SMARTS) is 1. The van der Waals surface area contributed by atoms with E-state index in [-0.39, 0.29) is 22.4 Å². The Morgan fingerprint density at radius 3 is 2.53 bits per heavy atom. The van der Waals surface area contributed by atoms with Crippen molar-refractivity contribution in [1.29, 1.82) is 0 Å². The number of amides is 1. The van der Waals surface area contributed by atoms with Gasteiger partial charge in [0, 0.05) is 12.4 Å². The van der Waals surface area contributed by atoms with Crippen LogP contribution in [0.4, 0.5) is 5.82 Å². The minimum absolute atomic E-state index is 0.0219. The lowest BCUT2D eigenvalue weighted by Crippen LogP contribution is -2.18. The van der Waals surface area contributed by atoms with Crippen LogP contribution in [0.15, 0.2) is 24.5 Å². The highest BCUT2D eigenvalue weighted by Gasteiger charge is 2.16.